The number of hydrogen-bond acceptors (Lipinski definition) is 1. The zero-order chi connectivity index (χ0) is 11.5. The van der Waals surface area contributed by atoms with Crippen LogP contribution in [0.4, 0.5) is 5.69 Å². The summed E-state index contributed by atoms with van der Waals surface area (Å²) >= 11 is 17.9. The largest absolute Gasteiger partial charge is 0.378 e. The van der Waals surface area contributed by atoms with Crippen molar-refractivity contribution < 1.29 is 0 Å². The Bertz CT molecular complexity index is 415. The van der Waals surface area contributed by atoms with E-state index in [1.807, 2.05) is 0 Å². The topological polar surface area (TPSA) is 12.0 Å². The van der Waals surface area contributed by atoms with Gasteiger partial charge in [-0.05, 0) is 31.4 Å². The first-order valence-corrected chi connectivity index (χ1v) is 6.38. The van der Waals surface area contributed by atoms with Crippen LogP contribution in [0.5, 0.6) is 0 Å². The Morgan fingerprint density at radius 1 is 1.06 bits per heavy atom. The van der Waals surface area contributed by atoms with Gasteiger partial charge in [0.15, 0.2) is 0 Å². The van der Waals surface area contributed by atoms with E-state index in [1.54, 1.807) is 12.1 Å². The van der Waals surface area contributed by atoms with E-state index >= 15 is 0 Å². The first kappa shape index (κ1) is 12.1. The molecule has 0 saturated carbocycles. The summed E-state index contributed by atoms with van der Waals surface area (Å²) < 4.78 is 0. The molecule has 1 nitrogen and oxygen atoms in total. The normalized spacial score (nSPS) is 19.8. The molecule has 0 aliphatic heterocycles. The van der Waals surface area contributed by atoms with Crippen LogP contribution in [0.15, 0.2) is 24.3 Å². The van der Waals surface area contributed by atoms with E-state index in [1.165, 1.54) is 6.42 Å². The summed E-state index contributed by atoms with van der Waals surface area (Å²) in [7, 11) is 0. The summed E-state index contributed by atoms with van der Waals surface area (Å²) in [6.45, 7) is 0. The van der Waals surface area contributed by atoms with Crippen molar-refractivity contribution in [3.05, 3.63) is 39.4 Å². The smallest absolute Gasteiger partial charge is 0.0653 e. The third-order valence-corrected chi connectivity index (χ3v) is 3.64. The van der Waals surface area contributed by atoms with Crippen LogP contribution in [0.3, 0.4) is 0 Å². The first-order valence-electron chi connectivity index (χ1n) is 5.24. The summed E-state index contributed by atoms with van der Waals surface area (Å²) in [5, 5.41) is 4.96. The lowest BCUT2D eigenvalue weighted by Crippen LogP contribution is -2.18. The Morgan fingerprint density at radius 3 is 2.50 bits per heavy atom. The minimum atomic E-state index is 0.337. The second-order valence-electron chi connectivity index (χ2n) is 3.86. The molecule has 0 saturated heterocycles. The van der Waals surface area contributed by atoms with Crippen molar-refractivity contribution in [2.24, 2.45) is 0 Å². The maximum atomic E-state index is 6.09. The average Bonchev–Trinajstić information content (AvgIpc) is 2.27. The molecular formula is C12H12Cl3N. The molecule has 0 spiro atoms. The van der Waals surface area contributed by atoms with E-state index in [-0.39, 0.29) is 0 Å². The van der Waals surface area contributed by atoms with Crippen LogP contribution in [0.25, 0.3) is 0 Å². The number of halogens is 3. The van der Waals surface area contributed by atoms with Crippen molar-refractivity contribution in [3.63, 3.8) is 0 Å². The fourth-order valence-electron chi connectivity index (χ4n) is 1.77. The van der Waals surface area contributed by atoms with Gasteiger partial charge in [-0.3, -0.25) is 0 Å². The van der Waals surface area contributed by atoms with Crippen LogP contribution in [0.2, 0.25) is 15.1 Å². The van der Waals surface area contributed by atoms with Gasteiger partial charge in [0.2, 0.25) is 0 Å². The zero-order valence-corrected chi connectivity index (χ0v) is 10.9. The third-order valence-electron chi connectivity index (χ3n) is 2.61. The van der Waals surface area contributed by atoms with Crippen molar-refractivity contribution in [2.75, 3.05) is 5.32 Å². The molecule has 4 heteroatoms. The maximum absolute atomic E-state index is 6.09. The maximum Gasteiger partial charge on any atom is 0.0653 e. The second-order valence-corrected chi connectivity index (χ2v) is 5.08. The quantitative estimate of drug-likeness (QED) is 0.580. The summed E-state index contributed by atoms with van der Waals surface area (Å²) in [5.74, 6) is 0. The van der Waals surface area contributed by atoms with Gasteiger partial charge in [0.25, 0.3) is 0 Å². The number of benzene rings is 1. The van der Waals surface area contributed by atoms with Gasteiger partial charge < -0.3 is 5.32 Å². The first-order chi connectivity index (χ1) is 7.66. The highest BCUT2D eigenvalue weighted by molar-refractivity contribution is 6.44. The molecule has 2 rings (SSSR count). The number of allylic oxidation sites excluding steroid dienone is 1. The fourth-order valence-corrected chi connectivity index (χ4v) is 2.37. The van der Waals surface area contributed by atoms with E-state index in [0.29, 0.717) is 21.1 Å². The van der Waals surface area contributed by atoms with Crippen LogP contribution in [0, 0.1) is 0 Å². The Kier molecular flexibility index (Phi) is 4.01. The zero-order valence-electron chi connectivity index (χ0n) is 8.64. The number of nitrogens with one attached hydrogen (secondary N) is 1. The van der Waals surface area contributed by atoms with Gasteiger partial charge in [-0.15, -0.1) is 0 Å². The molecule has 0 heterocycles. The Hall–Kier alpha value is -0.370. The summed E-state index contributed by atoms with van der Waals surface area (Å²) in [6, 6.07) is 3.78. The van der Waals surface area contributed by atoms with Crippen LogP contribution in [-0.4, -0.2) is 6.04 Å². The molecule has 1 atom stereocenters. The third kappa shape index (κ3) is 2.85. The lowest BCUT2D eigenvalue weighted by molar-refractivity contribution is 0.674. The van der Waals surface area contributed by atoms with Crippen molar-refractivity contribution >= 4 is 40.5 Å². The molecule has 1 aromatic carbocycles. The minimum Gasteiger partial charge on any atom is -0.378 e. The molecule has 1 aliphatic carbocycles. The molecule has 0 bridgehead atoms. The van der Waals surface area contributed by atoms with E-state index in [9.17, 15) is 0 Å². The van der Waals surface area contributed by atoms with Gasteiger partial charge in [0.1, 0.15) is 0 Å². The Morgan fingerprint density at radius 2 is 1.81 bits per heavy atom. The molecule has 1 N–H and O–H groups in total. The van der Waals surface area contributed by atoms with Crippen molar-refractivity contribution in [1.29, 1.82) is 0 Å². The molecule has 0 amide bonds. The molecular weight excluding hydrogens is 264 g/mol. The van der Waals surface area contributed by atoms with Crippen LogP contribution < -0.4 is 5.32 Å². The number of hydrogen-bond donors (Lipinski definition) is 1. The minimum absolute atomic E-state index is 0.337. The molecule has 0 aromatic heterocycles. The summed E-state index contributed by atoms with van der Waals surface area (Å²) in [4.78, 5) is 0. The standard InChI is InChI=1S/C12H12Cl3N/c13-9-6-11(15)12(7-10(9)14)16-8-4-2-1-3-5-8/h2,4,6-8,16H,1,3,5H2. The molecule has 0 radical (unpaired) electrons. The highest BCUT2D eigenvalue weighted by Gasteiger charge is 2.11. The van der Waals surface area contributed by atoms with Gasteiger partial charge in [-0.2, -0.15) is 0 Å². The van der Waals surface area contributed by atoms with Crippen LogP contribution in [0.1, 0.15) is 19.3 Å². The van der Waals surface area contributed by atoms with Crippen molar-refractivity contribution in [1.82, 2.24) is 0 Å². The molecule has 86 valence electrons. The highest BCUT2D eigenvalue weighted by atomic mass is 35.5. The Labute approximate surface area is 110 Å². The molecule has 1 aromatic rings. The fraction of sp³-hybridized carbons (Fsp3) is 0.333. The lowest BCUT2D eigenvalue weighted by Gasteiger charge is -2.20. The van der Waals surface area contributed by atoms with E-state index in [2.05, 4.69) is 17.5 Å². The van der Waals surface area contributed by atoms with E-state index < -0.39 is 0 Å². The molecule has 1 unspecified atom stereocenters. The monoisotopic (exact) mass is 275 g/mol. The molecule has 1 aliphatic rings. The van der Waals surface area contributed by atoms with E-state index in [0.717, 1.165) is 18.5 Å². The average molecular weight is 277 g/mol. The van der Waals surface area contributed by atoms with Gasteiger partial charge in [-0.1, -0.05) is 47.0 Å². The van der Waals surface area contributed by atoms with Crippen LogP contribution in [-0.2, 0) is 0 Å². The van der Waals surface area contributed by atoms with Gasteiger partial charge in [-0.25, -0.2) is 0 Å². The SMILES string of the molecule is Clc1cc(Cl)c(NC2C=CCCC2)cc1Cl. The highest BCUT2D eigenvalue weighted by Crippen LogP contribution is 2.33. The van der Waals surface area contributed by atoms with E-state index in [4.69, 9.17) is 34.8 Å². The van der Waals surface area contributed by atoms with Crippen LogP contribution >= 0.6 is 34.8 Å². The Balaban J connectivity index is 2.17. The number of rotatable bonds is 2. The van der Waals surface area contributed by atoms with Gasteiger partial charge in [0.05, 0.1) is 20.8 Å². The number of anilines is 1. The van der Waals surface area contributed by atoms with Crippen molar-refractivity contribution in [3.8, 4) is 0 Å². The predicted octanol–water partition coefficient (Wildman–Crippen LogP) is 5.17. The summed E-state index contributed by atoms with van der Waals surface area (Å²) in [6.07, 6.45) is 7.84. The lowest BCUT2D eigenvalue weighted by atomic mass is 10.0. The molecule has 0 fully saturated rings. The molecule has 16 heavy (non-hydrogen) atoms. The van der Waals surface area contributed by atoms with Gasteiger partial charge >= 0.3 is 0 Å². The van der Waals surface area contributed by atoms with Gasteiger partial charge in [0, 0.05) is 6.04 Å². The second kappa shape index (κ2) is 5.31. The summed E-state index contributed by atoms with van der Waals surface area (Å²) in [5.41, 5.74) is 0.840. The van der Waals surface area contributed by atoms with Crippen molar-refractivity contribution in [2.45, 2.75) is 25.3 Å². The predicted molar refractivity (Wildman–Crippen MR) is 71.9 cm³/mol.